The number of likely N-dealkylation sites (tertiary alicyclic amines) is 1. The van der Waals surface area contributed by atoms with Gasteiger partial charge in [-0.3, -0.25) is 9.78 Å². The van der Waals surface area contributed by atoms with E-state index >= 15 is 0 Å². The van der Waals surface area contributed by atoms with E-state index in [1.54, 1.807) is 41.6 Å². The Labute approximate surface area is 149 Å². The number of aromatic nitrogens is 3. The van der Waals surface area contributed by atoms with Gasteiger partial charge >= 0.3 is 0 Å². The van der Waals surface area contributed by atoms with E-state index in [2.05, 4.69) is 15.1 Å². The summed E-state index contributed by atoms with van der Waals surface area (Å²) in [7, 11) is 0. The number of pyridine rings is 1. The van der Waals surface area contributed by atoms with Crippen molar-refractivity contribution in [3.63, 3.8) is 0 Å². The van der Waals surface area contributed by atoms with Gasteiger partial charge in [-0.05, 0) is 30.2 Å². The monoisotopic (exact) mass is 352 g/mol. The van der Waals surface area contributed by atoms with E-state index in [0.29, 0.717) is 30.4 Å². The Balaban J connectivity index is 1.42. The quantitative estimate of drug-likeness (QED) is 0.722. The minimum absolute atomic E-state index is 0.0220. The van der Waals surface area contributed by atoms with Crippen molar-refractivity contribution in [3.05, 3.63) is 66.0 Å². The van der Waals surface area contributed by atoms with Crippen LogP contribution in [0.3, 0.4) is 0 Å². The predicted molar refractivity (Wildman–Crippen MR) is 91.6 cm³/mol. The molecule has 3 heterocycles. The summed E-state index contributed by atoms with van der Waals surface area (Å²) in [6.45, 7) is 1.12. The molecule has 1 aliphatic heterocycles. The van der Waals surface area contributed by atoms with E-state index in [4.69, 9.17) is 4.52 Å². The van der Waals surface area contributed by atoms with E-state index in [-0.39, 0.29) is 24.1 Å². The van der Waals surface area contributed by atoms with Crippen molar-refractivity contribution in [2.75, 3.05) is 13.1 Å². The maximum Gasteiger partial charge on any atom is 0.259 e. The van der Waals surface area contributed by atoms with Gasteiger partial charge in [0.2, 0.25) is 5.91 Å². The first-order valence-electron chi connectivity index (χ1n) is 8.46. The van der Waals surface area contributed by atoms with Gasteiger partial charge in [0.1, 0.15) is 5.82 Å². The van der Waals surface area contributed by atoms with Crippen molar-refractivity contribution in [2.24, 2.45) is 0 Å². The molecule has 1 saturated heterocycles. The van der Waals surface area contributed by atoms with Gasteiger partial charge in [0.15, 0.2) is 5.82 Å². The lowest BCUT2D eigenvalue weighted by atomic mass is 10.1. The average Bonchev–Trinajstić information content (AvgIpc) is 3.34. The molecule has 0 spiro atoms. The number of halogens is 1. The Kier molecular flexibility index (Phi) is 4.43. The molecule has 0 radical (unpaired) electrons. The number of amides is 1. The van der Waals surface area contributed by atoms with Crippen molar-refractivity contribution in [1.29, 1.82) is 0 Å². The van der Waals surface area contributed by atoms with Crippen LogP contribution in [-0.2, 0) is 11.2 Å². The number of benzene rings is 1. The first kappa shape index (κ1) is 16.4. The Bertz CT molecular complexity index is 913. The average molecular weight is 352 g/mol. The van der Waals surface area contributed by atoms with Crippen LogP contribution >= 0.6 is 0 Å². The van der Waals surface area contributed by atoms with E-state index in [9.17, 15) is 9.18 Å². The summed E-state index contributed by atoms with van der Waals surface area (Å²) in [4.78, 5) is 22.7. The highest BCUT2D eigenvalue weighted by molar-refractivity contribution is 5.79. The van der Waals surface area contributed by atoms with Crippen LogP contribution < -0.4 is 0 Å². The highest BCUT2D eigenvalue weighted by Gasteiger charge is 2.30. The zero-order chi connectivity index (χ0) is 17.9. The van der Waals surface area contributed by atoms with E-state index < -0.39 is 0 Å². The molecule has 1 atom stereocenters. The number of carbonyl (C=O) groups excluding carboxylic acids is 1. The normalized spacial score (nSPS) is 16.8. The molecule has 0 aliphatic carbocycles. The van der Waals surface area contributed by atoms with E-state index in [1.165, 1.54) is 6.07 Å². The molecule has 6 nitrogen and oxygen atoms in total. The molecule has 2 aromatic heterocycles. The van der Waals surface area contributed by atoms with Crippen LogP contribution in [0.15, 0.2) is 53.3 Å². The van der Waals surface area contributed by atoms with Gasteiger partial charge in [-0.25, -0.2) is 4.39 Å². The fourth-order valence-electron chi connectivity index (χ4n) is 3.12. The maximum atomic E-state index is 13.7. The molecule has 1 unspecified atom stereocenters. The number of rotatable bonds is 4. The minimum Gasteiger partial charge on any atom is -0.342 e. The summed E-state index contributed by atoms with van der Waals surface area (Å²) in [6.07, 6.45) is 4.16. The van der Waals surface area contributed by atoms with E-state index in [1.807, 2.05) is 6.07 Å². The summed E-state index contributed by atoms with van der Waals surface area (Å²) >= 11 is 0. The third kappa shape index (κ3) is 3.33. The molecule has 1 amide bonds. The fraction of sp³-hybridized carbons (Fsp3) is 0.263. The van der Waals surface area contributed by atoms with Crippen molar-refractivity contribution >= 4 is 5.91 Å². The summed E-state index contributed by atoms with van der Waals surface area (Å²) in [5, 5.41) is 4.05. The molecule has 0 N–H and O–H groups in total. The fourth-order valence-corrected chi connectivity index (χ4v) is 3.12. The Hall–Kier alpha value is -3.09. The predicted octanol–water partition coefficient (Wildman–Crippen LogP) is 2.83. The first-order valence-corrected chi connectivity index (χ1v) is 8.46. The van der Waals surface area contributed by atoms with Gasteiger partial charge in [-0.1, -0.05) is 23.4 Å². The zero-order valence-electron chi connectivity index (χ0n) is 14.0. The minimum atomic E-state index is -0.351. The Morgan fingerprint density at radius 2 is 2.15 bits per heavy atom. The SMILES string of the molecule is O=C(Cc1ccccc1F)N1CCC(c2noc(-c3cccnc3)n2)C1. The lowest BCUT2D eigenvalue weighted by Crippen LogP contribution is -2.30. The molecule has 1 aliphatic rings. The van der Waals surface area contributed by atoms with Gasteiger partial charge in [0, 0.05) is 31.4 Å². The van der Waals surface area contributed by atoms with Crippen LogP contribution in [0.2, 0.25) is 0 Å². The molecule has 1 fully saturated rings. The molecule has 4 rings (SSSR count). The van der Waals surface area contributed by atoms with Crippen molar-refractivity contribution in [2.45, 2.75) is 18.8 Å². The summed E-state index contributed by atoms with van der Waals surface area (Å²) < 4.78 is 19.1. The number of hydrogen-bond donors (Lipinski definition) is 0. The molecule has 132 valence electrons. The number of hydrogen-bond acceptors (Lipinski definition) is 5. The zero-order valence-corrected chi connectivity index (χ0v) is 14.0. The molecule has 7 heteroatoms. The molecule has 1 aromatic carbocycles. The van der Waals surface area contributed by atoms with E-state index in [0.717, 1.165) is 12.0 Å². The second kappa shape index (κ2) is 7.03. The Morgan fingerprint density at radius 3 is 2.96 bits per heavy atom. The van der Waals surface area contributed by atoms with Crippen molar-refractivity contribution in [3.8, 4) is 11.5 Å². The van der Waals surface area contributed by atoms with Crippen LogP contribution in [0.4, 0.5) is 4.39 Å². The third-order valence-electron chi connectivity index (χ3n) is 4.56. The number of carbonyl (C=O) groups is 1. The molecular formula is C19H17FN4O2. The smallest absolute Gasteiger partial charge is 0.259 e. The summed E-state index contributed by atoms with van der Waals surface area (Å²) in [5.41, 5.74) is 1.18. The standard InChI is InChI=1S/C19H17FN4O2/c20-16-6-2-1-4-13(16)10-17(25)24-9-7-15(12-24)18-22-19(26-23-18)14-5-3-8-21-11-14/h1-6,8,11,15H,7,9-10,12H2. The second-order valence-corrected chi connectivity index (χ2v) is 6.29. The summed E-state index contributed by atoms with van der Waals surface area (Å²) in [6, 6.07) is 10.0. The lowest BCUT2D eigenvalue weighted by molar-refractivity contribution is -0.129. The molecule has 0 bridgehead atoms. The van der Waals surface area contributed by atoms with Gasteiger partial charge < -0.3 is 9.42 Å². The van der Waals surface area contributed by atoms with Crippen LogP contribution in [0, 0.1) is 5.82 Å². The van der Waals surface area contributed by atoms with Gasteiger partial charge in [-0.2, -0.15) is 4.98 Å². The topological polar surface area (TPSA) is 72.1 Å². The van der Waals surface area contributed by atoms with Crippen molar-refractivity contribution in [1.82, 2.24) is 20.0 Å². The van der Waals surface area contributed by atoms with Gasteiger partial charge in [-0.15, -0.1) is 0 Å². The van der Waals surface area contributed by atoms with Crippen LogP contribution in [-0.4, -0.2) is 39.0 Å². The van der Waals surface area contributed by atoms with Gasteiger partial charge in [0.25, 0.3) is 5.89 Å². The van der Waals surface area contributed by atoms with Crippen LogP contribution in [0.5, 0.6) is 0 Å². The molecule has 0 saturated carbocycles. The second-order valence-electron chi connectivity index (χ2n) is 6.29. The first-order chi connectivity index (χ1) is 12.7. The summed E-state index contributed by atoms with van der Waals surface area (Å²) in [5.74, 6) is 0.590. The van der Waals surface area contributed by atoms with Crippen molar-refractivity contribution < 1.29 is 13.7 Å². The van der Waals surface area contributed by atoms with Crippen LogP contribution in [0.1, 0.15) is 23.7 Å². The largest absolute Gasteiger partial charge is 0.342 e. The highest BCUT2D eigenvalue weighted by Crippen LogP contribution is 2.27. The van der Waals surface area contributed by atoms with Gasteiger partial charge in [0.05, 0.1) is 12.0 Å². The highest BCUT2D eigenvalue weighted by atomic mass is 19.1. The molecular weight excluding hydrogens is 335 g/mol. The maximum absolute atomic E-state index is 13.7. The lowest BCUT2D eigenvalue weighted by Gasteiger charge is -2.16. The van der Waals surface area contributed by atoms with Crippen LogP contribution in [0.25, 0.3) is 11.5 Å². The molecule has 26 heavy (non-hydrogen) atoms. The Morgan fingerprint density at radius 1 is 1.27 bits per heavy atom. The molecule has 3 aromatic rings. The third-order valence-corrected chi connectivity index (χ3v) is 4.56. The number of nitrogens with zero attached hydrogens (tertiary/aromatic N) is 4.